The molecule has 33 heavy (non-hydrogen) atoms. The van der Waals surface area contributed by atoms with Crippen molar-refractivity contribution in [2.24, 2.45) is 0 Å². The Morgan fingerprint density at radius 1 is 0.909 bits per heavy atom. The zero-order valence-corrected chi connectivity index (χ0v) is 19.5. The molecule has 0 atom stereocenters. The predicted molar refractivity (Wildman–Crippen MR) is 134 cm³/mol. The number of carbonyl (C=O) groups excluding carboxylic acids is 3. The van der Waals surface area contributed by atoms with Crippen molar-refractivity contribution in [2.75, 3.05) is 10.2 Å². The summed E-state index contributed by atoms with van der Waals surface area (Å²) in [5.74, 6) is -0.249. The Bertz CT molecular complexity index is 1260. The van der Waals surface area contributed by atoms with Gasteiger partial charge in [-0.15, -0.1) is 11.8 Å². The van der Waals surface area contributed by atoms with Gasteiger partial charge in [0.1, 0.15) is 0 Å². The lowest BCUT2D eigenvalue weighted by Crippen LogP contribution is -2.32. The summed E-state index contributed by atoms with van der Waals surface area (Å²) in [5.41, 5.74) is 5.26. The Balaban J connectivity index is 1.74. The molecule has 3 aromatic carbocycles. The number of nitrogens with one attached hydrogen (secondary N) is 1. The summed E-state index contributed by atoms with van der Waals surface area (Å²) < 4.78 is 0. The van der Waals surface area contributed by atoms with E-state index < -0.39 is 0 Å². The van der Waals surface area contributed by atoms with E-state index in [0.717, 1.165) is 16.7 Å². The molecular formula is C27H24N2O3S. The molecule has 1 N–H and O–H groups in total. The molecule has 1 heterocycles. The van der Waals surface area contributed by atoms with Crippen LogP contribution in [0.15, 0.2) is 77.7 Å². The number of imide groups is 1. The van der Waals surface area contributed by atoms with Crippen LogP contribution in [0.3, 0.4) is 0 Å². The van der Waals surface area contributed by atoms with Crippen molar-refractivity contribution in [3.8, 4) is 0 Å². The van der Waals surface area contributed by atoms with Crippen LogP contribution in [0.2, 0.25) is 0 Å². The van der Waals surface area contributed by atoms with Gasteiger partial charge in [0.15, 0.2) is 0 Å². The molecule has 0 bridgehead atoms. The fourth-order valence-electron chi connectivity index (χ4n) is 3.83. The second-order valence-corrected chi connectivity index (χ2v) is 8.96. The fraction of sp³-hybridized carbons (Fsp3) is 0.148. The van der Waals surface area contributed by atoms with Gasteiger partial charge in [0.05, 0.1) is 16.2 Å². The first-order chi connectivity index (χ1) is 15.8. The summed E-state index contributed by atoms with van der Waals surface area (Å²) in [6.45, 7) is 5.32. The number of hydrogen-bond acceptors (Lipinski definition) is 4. The van der Waals surface area contributed by atoms with Crippen LogP contribution in [0, 0.1) is 13.8 Å². The van der Waals surface area contributed by atoms with Gasteiger partial charge in [-0.25, -0.2) is 4.90 Å². The molecule has 166 valence electrons. The van der Waals surface area contributed by atoms with E-state index in [9.17, 15) is 14.4 Å². The molecule has 0 radical (unpaired) electrons. The quantitative estimate of drug-likeness (QED) is 0.499. The van der Waals surface area contributed by atoms with Crippen molar-refractivity contribution in [2.45, 2.75) is 26.5 Å². The van der Waals surface area contributed by atoms with Gasteiger partial charge in [-0.1, -0.05) is 60.2 Å². The summed E-state index contributed by atoms with van der Waals surface area (Å²) in [6, 6.07) is 22.5. The van der Waals surface area contributed by atoms with Gasteiger partial charge in [0.2, 0.25) is 5.91 Å². The summed E-state index contributed by atoms with van der Waals surface area (Å²) in [4.78, 5) is 40.2. The Morgan fingerprint density at radius 3 is 2.24 bits per heavy atom. The molecule has 4 rings (SSSR count). The van der Waals surface area contributed by atoms with E-state index in [1.807, 2.05) is 62.4 Å². The lowest BCUT2D eigenvalue weighted by atomic mass is 10.1. The minimum atomic E-state index is -0.338. The van der Waals surface area contributed by atoms with Gasteiger partial charge < -0.3 is 5.32 Å². The van der Waals surface area contributed by atoms with Crippen molar-refractivity contribution in [1.82, 2.24) is 0 Å². The average molecular weight is 457 g/mol. The third-order valence-electron chi connectivity index (χ3n) is 5.35. The molecule has 5 nitrogen and oxygen atoms in total. The highest BCUT2D eigenvalue weighted by Gasteiger charge is 2.40. The molecule has 0 aromatic heterocycles. The van der Waals surface area contributed by atoms with E-state index >= 15 is 0 Å². The molecule has 3 amide bonds. The predicted octanol–water partition coefficient (Wildman–Crippen LogP) is 5.48. The van der Waals surface area contributed by atoms with Gasteiger partial charge in [-0.3, -0.25) is 14.4 Å². The van der Waals surface area contributed by atoms with E-state index in [2.05, 4.69) is 5.32 Å². The van der Waals surface area contributed by atoms with E-state index in [-0.39, 0.29) is 17.7 Å². The van der Waals surface area contributed by atoms with Crippen LogP contribution in [0.5, 0.6) is 0 Å². The normalized spacial score (nSPS) is 13.6. The third-order valence-corrected chi connectivity index (χ3v) is 6.50. The molecular weight excluding hydrogens is 432 g/mol. The zero-order valence-electron chi connectivity index (χ0n) is 18.7. The maximum atomic E-state index is 13.6. The van der Waals surface area contributed by atoms with Gasteiger partial charge in [-0.05, 0) is 48.7 Å². The number of rotatable bonds is 6. The Kier molecular flexibility index (Phi) is 6.47. The number of hydrogen-bond donors (Lipinski definition) is 1. The number of anilines is 2. The second-order valence-electron chi connectivity index (χ2n) is 7.97. The van der Waals surface area contributed by atoms with Crippen LogP contribution in [0.4, 0.5) is 11.4 Å². The number of thioether (sulfide) groups is 1. The number of benzene rings is 3. The molecule has 0 spiro atoms. The van der Waals surface area contributed by atoms with Crippen LogP contribution in [0.25, 0.3) is 5.57 Å². The highest BCUT2D eigenvalue weighted by atomic mass is 32.2. The summed E-state index contributed by atoms with van der Waals surface area (Å²) in [5, 5.41) is 2.73. The zero-order chi connectivity index (χ0) is 23.5. The monoisotopic (exact) mass is 456 g/mol. The maximum absolute atomic E-state index is 13.6. The molecule has 0 unspecified atom stereocenters. The van der Waals surface area contributed by atoms with E-state index in [4.69, 9.17) is 0 Å². The van der Waals surface area contributed by atoms with Crippen LogP contribution in [-0.2, 0) is 20.1 Å². The Hall–Kier alpha value is -3.64. The second kappa shape index (κ2) is 9.46. The molecule has 0 saturated heterocycles. The van der Waals surface area contributed by atoms with Crippen LogP contribution in [0.1, 0.15) is 29.2 Å². The van der Waals surface area contributed by atoms with Crippen molar-refractivity contribution in [1.29, 1.82) is 0 Å². The fourth-order valence-corrected chi connectivity index (χ4v) is 4.89. The van der Waals surface area contributed by atoms with Crippen LogP contribution in [-0.4, -0.2) is 17.7 Å². The molecule has 0 fully saturated rings. The standard InChI is InChI=1S/C27H24N2O3S/c1-17-9-14-23(18(2)15-17)29-26(31)24(21-10-12-22(13-11-21)28-19(3)30)25(27(29)32)33-16-20-7-5-4-6-8-20/h4-15H,16H2,1-3H3,(H,28,30). The minimum absolute atomic E-state index is 0.172. The SMILES string of the molecule is CC(=O)Nc1ccc(C2=C(SCc3ccccc3)C(=O)N(c3ccc(C)cc3C)C2=O)cc1. The summed E-state index contributed by atoms with van der Waals surface area (Å²) in [6.07, 6.45) is 0. The molecule has 0 aliphatic carbocycles. The average Bonchev–Trinajstić information content (AvgIpc) is 3.03. The van der Waals surface area contributed by atoms with Crippen LogP contribution < -0.4 is 10.2 Å². The molecule has 0 saturated carbocycles. The topological polar surface area (TPSA) is 66.5 Å². The lowest BCUT2D eigenvalue weighted by Gasteiger charge is -2.18. The highest BCUT2D eigenvalue weighted by molar-refractivity contribution is 8.03. The Labute approximate surface area is 197 Å². The van der Waals surface area contributed by atoms with Crippen molar-refractivity contribution < 1.29 is 14.4 Å². The van der Waals surface area contributed by atoms with Gasteiger partial charge in [0.25, 0.3) is 11.8 Å². The number of amides is 3. The van der Waals surface area contributed by atoms with Gasteiger partial charge in [-0.2, -0.15) is 0 Å². The minimum Gasteiger partial charge on any atom is -0.326 e. The lowest BCUT2D eigenvalue weighted by molar-refractivity contribution is -0.120. The maximum Gasteiger partial charge on any atom is 0.272 e. The van der Waals surface area contributed by atoms with Gasteiger partial charge >= 0.3 is 0 Å². The summed E-state index contributed by atoms with van der Waals surface area (Å²) >= 11 is 1.37. The molecule has 6 heteroatoms. The first-order valence-corrected chi connectivity index (χ1v) is 11.6. The number of aryl methyl sites for hydroxylation is 2. The summed E-state index contributed by atoms with van der Waals surface area (Å²) in [7, 11) is 0. The smallest absolute Gasteiger partial charge is 0.272 e. The van der Waals surface area contributed by atoms with Gasteiger partial charge in [0, 0.05) is 18.4 Å². The van der Waals surface area contributed by atoms with Crippen LogP contribution >= 0.6 is 11.8 Å². The Morgan fingerprint density at radius 2 is 1.61 bits per heavy atom. The van der Waals surface area contributed by atoms with E-state index in [1.54, 1.807) is 24.3 Å². The van der Waals surface area contributed by atoms with E-state index in [0.29, 0.717) is 33.2 Å². The third kappa shape index (κ3) is 4.76. The first kappa shape index (κ1) is 22.6. The van der Waals surface area contributed by atoms with Crippen molar-refractivity contribution in [3.05, 3.63) is 100.0 Å². The van der Waals surface area contributed by atoms with Crippen molar-refractivity contribution >= 4 is 46.4 Å². The molecule has 1 aliphatic heterocycles. The number of carbonyl (C=O) groups is 3. The molecule has 3 aromatic rings. The highest BCUT2D eigenvalue weighted by Crippen LogP contribution is 2.40. The number of nitrogens with zero attached hydrogens (tertiary/aromatic N) is 1. The van der Waals surface area contributed by atoms with E-state index in [1.165, 1.54) is 23.6 Å². The van der Waals surface area contributed by atoms with Crippen molar-refractivity contribution in [3.63, 3.8) is 0 Å². The largest absolute Gasteiger partial charge is 0.326 e. The molecule has 1 aliphatic rings. The first-order valence-electron chi connectivity index (χ1n) is 10.6.